The smallest absolute Gasteiger partial charge is 0.244 e. The molecular weight excluding hydrogens is 314 g/mol. The second-order valence-electron chi connectivity index (χ2n) is 5.96. The van der Waals surface area contributed by atoms with Gasteiger partial charge in [0.1, 0.15) is 0 Å². The van der Waals surface area contributed by atoms with E-state index in [1.54, 1.807) is 12.3 Å². The van der Waals surface area contributed by atoms with Gasteiger partial charge in [0.2, 0.25) is 5.91 Å². The fourth-order valence-electron chi connectivity index (χ4n) is 2.76. The highest BCUT2D eigenvalue weighted by Gasteiger charge is 2.12. The third kappa shape index (κ3) is 5.52. The van der Waals surface area contributed by atoms with Gasteiger partial charge in [0.15, 0.2) is 0 Å². The highest BCUT2D eigenvalue weighted by Crippen LogP contribution is 2.13. The van der Waals surface area contributed by atoms with Gasteiger partial charge in [0.05, 0.1) is 18.9 Å². The first-order valence-electron chi connectivity index (χ1n) is 8.55. The standard InChI is InChI=1S/C20H23N3O2/c24-20(9-8-19-7-3-4-10-21-19)22-15-17-5-1-2-6-18(17)16-23-11-13-25-14-12-23/h1-10H,11-16H2,(H,22,24)/b9-8+. The maximum absolute atomic E-state index is 12.0. The van der Waals surface area contributed by atoms with E-state index in [0.29, 0.717) is 6.54 Å². The highest BCUT2D eigenvalue weighted by molar-refractivity contribution is 5.91. The molecule has 0 bridgehead atoms. The van der Waals surface area contributed by atoms with Gasteiger partial charge in [-0.3, -0.25) is 14.7 Å². The van der Waals surface area contributed by atoms with Crippen molar-refractivity contribution in [2.24, 2.45) is 0 Å². The van der Waals surface area contributed by atoms with E-state index in [1.807, 2.05) is 30.3 Å². The summed E-state index contributed by atoms with van der Waals surface area (Å²) in [6, 6.07) is 13.9. The van der Waals surface area contributed by atoms with E-state index in [0.717, 1.165) is 44.1 Å². The number of amides is 1. The third-order valence-electron chi connectivity index (χ3n) is 4.16. The number of hydrogen-bond donors (Lipinski definition) is 1. The molecule has 25 heavy (non-hydrogen) atoms. The Morgan fingerprint density at radius 2 is 1.88 bits per heavy atom. The van der Waals surface area contributed by atoms with Gasteiger partial charge in [-0.15, -0.1) is 0 Å². The van der Waals surface area contributed by atoms with Crippen LogP contribution in [0.3, 0.4) is 0 Å². The van der Waals surface area contributed by atoms with Crippen molar-refractivity contribution in [2.45, 2.75) is 13.1 Å². The molecule has 2 aromatic rings. The van der Waals surface area contributed by atoms with Gasteiger partial charge in [-0.1, -0.05) is 30.3 Å². The van der Waals surface area contributed by atoms with Crippen molar-refractivity contribution < 1.29 is 9.53 Å². The van der Waals surface area contributed by atoms with Crippen LogP contribution in [0.5, 0.6) is 0 Å². The molecule has 1 N–H and O–H groups in total. The largest absolute Gasteiger partial charge is 0.379 e. The number of hydrogen-bond acceptors (Lipinski definition) is 4. The lowest BCUT2D eigenvalue weighted by Gasteiger charge is -2.27. The predicted octanol–water partition coefficient (Wildman–Crippen LogP) is 2.24. The lowest BCUT2D eigenvalue weighted by atomic mass is 10.1. The molecule has 1 aromatic carbocycles. The Morgan fingerprint density at radius 3 is 2.64 bits per heavy atom. The summed E-state index contributed by atoms with van der Waals surface area (Å²) in [5.41, 5.74) is 3.16. The topological polar surface area (TPSA) is 54.5 Å². The van der Waals surface area contributed by atoms with Crippen molar-refractivity contribution in [1.82, 2.24) is 15.2 Å². The van der Waals surface area contributed by atoms with Crippen LogP contribution in [0.4, 0.5) is 0 Å². The van der Waals surface area contributed by atoms with Gasteiger partial charge < -0.3 is 10.1 Å². The predicted molar refractivity (Wildman–Crippen MR) is 97.7 cm³/mol. The van der Waals surface area contributed by atoms with Crippen molar-refractivity contribution in [3.63, 3.8) is 0 Å². The van der Waals surface area contributed by atoms with Crippen LogP contribution in [0.1, 0.15) is 16.8 Å². The number of carbonyl (C=O) groups excluding carboxylic acids is 1. The van der Waals surface area contributed by atoms with Crippen LogP contribution in [0, 0.1) is 0 Å². The monoisotopic (exact) mass is 337 g/mol. The summed E-state index contributed by atoms with van der Waals surface area (Å²) >= 11 is 0. The van der Waals surface area contributed by atoms with Crippen molar-refractivity contribution in [1.29, 1.82) is 0 Å². The second-order valence-corrected chi connectivity index (χ2v) is 5.96. The molecule has 0 radical (unpaired) electrons. The fourth-order valence-corrected chi connectivity index (χ4v) is 2.76. The van der Waals surface area contributed by atoms with Gasteiger partial charge in [-0.2, -0.15) is 0 Å². The number of morpholine rings is 1. The molecule has 0 atom stereocenters. The molecule has 5 heteroatoms. The Bertz CT molecular complexity index is 710. The Morgan fingerprint density at radius 1 is 1.12 bits per heavy atom. The van der Waals surface area contributed by atoms with Gasteiger partial charge in [0.25, 0.3) is 0 Å². The number of pyridine rings is 1. The zero-order valence-corrected chi connectivity index (χ0v) is 14.2. The number of ether oxygens (including phenoxy) is 1. The van der Waals surface area contributed by atoms with Crippen molar-refractivity contribution in [2.75, 3.05) is 26.3 Å². The van der Waals surface area contributed by atoms with E-state index in [9.17, 15) is 4.79 Å². The number of nitrogens with one attached hydrogen (secondary N) is 1. The van der Waals surface area contributed by atoms with Crippen LogP contribution in [-0.2, 0) is 22.6 Å². The fraction of sp³-hybridized carbons (Fsp3) is 0.300. The summed E-state index contributed by atoms with van der Waals surface area (Å²) in [6.45, 7) is 4.89. The van der Waals surface area contributed by atoms with Crippen molar-refractivity contribution in [3.8, 4) is 0 Å². The lowest BCUT2D eigenvalue weighted by molar-refractivity contribution is -0.116. The molecule has 5 nitrogen and oxygen atoms in total. The second kappa shape index (κ2) is 9.11. The Hall–Kier alpha value is -2.50. The Kier molecular flexibility index (Phi) is 6.31. The molecule has 0 unspecified atom stereocenters. The van der Waals surface area contributed by atoms with Crippen LogP contribution in [-0.4, -0.2) is 42.1 Å². The van der Waals surface area contributed by atoms with E-state index in [2.05, 4.69) is 27.3 Å². The van der Waals surface area contributed by atoms with E-state index >= 15 is 0 Å². The maximum atomic E-state index is 12.0. The SMILES string of the molecule is O=C(/C=C/c1ccccn1)NCc1ccccc1CN1CCOCC1. The minimum atomic E-state index is -0.119. The summed E-state index contributed by atoms with van der Waals surface area (Å²) in [5, 5.41) is 2.95. The molecule has 1 aromatic heterocycles. The lowest BCUT2D eigenvalue weighted by Crippen LogP contribution is -2.36. The molecule has 1 fully saturated rings. The van der Waals surface area contributed by atoms with Crippen LogP contribution in [0.25, 0.3) is 6.08 Å². The highest BCUT2D eigenvalue weighted by atomic mass is 16.5. The summed E-state index contributed by atoms with van der Waals surface area (Å²) in [5.74, 6) is -0.119. The molecule has 0 spiro atoms. The first kappa shape index (κ1) is 17.3. The number of rotatable bonds is 6. The molecule has 2 heterocycles. The van der Waals surface area contributed by atoms with E-state index in [1.165, 1.54) is 11.6 Å². The maximum Gasteiger partial charge on any atom is 0.244 e. The number of carbonyl (C=O) groups is 1. The Balaban J connectivity index is 1.55. The molecule has 130 valence electrons. The van der Waals surface area contributed by atoms with Crippen LogP contribution in [0.2, 0.25) is 0 Å². The minimum absolute atomic E-state index is 0.119. The van der Waals surface area contributed by atoms with Crippen LogP contribution >= 0.6 is 0 Å². The summed E-state index contributed by atoms with van der Waals surface area (Å²) in [6.07, 6.45) is 4.95. The normalized spacial score (nSPS) is 15.4. The molecule has 1 aliphatic rings. The van der Waals surface area contributed by atoms with E-state index in [-0.39, 0.29) is 5.91 Å². The molecule has 0 aliphatic carbocycles. The molecule has 0 saturated carbocycles. The first-order chi connectivity index (χ1) is 12.3. The Labute approximate surface area is 148 Å². The average molecular weight is 337 g/mol. The van der Waals surface area contributed by atoms with Gasteiger partial charge in [-0.25, -0.2) is 0 Å². The van der Waals surface area contributed by atoms with Gasteiger partial charge in [-0.05, 0) is 29.3 Å². The van der Waals surface area contributed by atoms with Gasteiger partial charge >= 0.3 is 0 Å². The minimum Gasteiger partial charge on any atom is -0.379 e. The third-order valence-corrected chi connectivity index (χ3v) is 4.16. The molecule has 1 aliphatic heterocycles. The number of nitrogens with zero attached hydrogens (tertiary/aromatic N) is 2. The summed E-state index contributed by atoms with van der Waals surface area (Å²) < 4.78 is 5.40. The molecule has 3 rings (SSSR count). The molecule has 1 amide bonds. The number of benzene rings is 1. The van der Waals surface area contributed by atoms with Crippen molar-refractivity contribution in [3.05, 3.63) is 71.6 Å². The van der Waals surface area contributed by atoms with Crippen LogP contribution in [0.15, 0.2) is 54.7 Å². The zero-order valence-electron chi connectivity index (χ0n) is 14.2. The molecular formula is C20H23N3O2. The molecule has 1 saturated heterocycles. The summed E-state index contributed by atoms with van der Waals surface area (Å²) in [4.78, 5) is 18.6. The van der Waals surface area contributed by atoms with Crippen LogP contribution < -0.4 is 5.32 Å². The number of aromatic nitrogens is 1. The van der Waals surface area contributed by atoms with Gasteiger partial charge in [0, 0.05) is 38.5 Å². The zero-order chi connectivity index (χ0) is 17.3. The quantitative estimate of drug-likeness (QED) is 0.822. The van der Waals surface area contributed by atoms with Crippen molar-refractivity contribution >= 4 is 12.0 Å². The van der Waals surface area contributed by atoms with E-state index in [4.69, 9.17) is 4.74 Å². The van der Waals surface area contributed by atoms with E-state index < -0.39 is 0 Å². The first-order valence-corrected chi connectivity index (χ1v) is 8.55. The summed E-state index contributed by atoms with van der Waals surface area (Å²) in [7, 11) is 0. The average Bonchev–Trinajstić information content (AvgIpc) is 2.67.